The van der Waals surface area contributed by atoms with Gasteiger partial charge in [0.2, 0.25) is 5.95 Å². The molecule has 5 rings (SSSR count). The number of benzene rings is 1. The van der Waals surface area contributed by atoms with Gasteiger partial charge in [-0.3, -0.25) is 4.79 Å². The van der Waals surface area contributed by atoms with Crippen molar-refractivity contribution in [3.8, 4) is 0 Å². The summed E-state index contributed by atoms with van der Waals surface area (Å²) in [5.41, 5.74) is 2.90. The number of morpholine rings is 2. The van der Waals surface area contributed by atoms with Crippen molar-refractivity contribution in [2.75, 3.05) is 50.9 Å². The van der Waals surface area contributed by atoms with E-state index in [0.29, 0.717) is 39.5 Å². The SMILES string of the molecule is Cc1cc(C)nc(N2CCO[C@@H](c3c(C(=O)N4CCOCC4)sc4ccccc34)C2)n1. The maximum Gasteiger partial charge on any atom is 0.264 e. The van der Waals surface area contributed by atoms with Gasteiger partial charge in [-0.1, -0.05) is 18.2 Å². The molecule has 2 aromatic heterocycles. The van der Waals surface area contributed by atoms with Gasteiger partial charge in [0, 0.05) is 41.3 Å². The lowest BCUT2D eigenvalue weighted by molar-refractivity contribution is 0.0280. The average Bonchev–Trinajstić information content (AvgIpc) is 3.18. The lowest BCUT2D eigenvalue weighted by Gasteiger charge is -2.34. The number of carbonyl (C=O) groups is 1. The van der Waals surface area contributed by atoms with Crippen LogP contribution in [-0.4, -0.2) is 66.8 Å². The first kappa shape index (κ1) is 20.4. The molecule has 4 heterocycles. The lowest BCUT2D eigenvalue weighted by Crippen LogP contribution is -2.42. The largest absolute Gasteiger partial charge is 0.378 e. The molecular weight excluding hydrogens is 412 g/mol. The normalized spacial score (nSPS) is 19.7. The van der Waals surface area contributed by atoms with E-state index >= 15 is 0 Å². The molecule has 2 aliphatic heterocycles. The van der Waals surface area contributed by atoms with Gasteiger partial charge in [0.05, 0.1) is 31.2 Å². The van der Waals surface area contributed by atoms with E-state index in [9.17, 15) is 4.79 Å². The van der Waals surface area contributed by atoms with Gasteiger partial charge >= 0.3 is 0 Å². The molecule has 7 nitrogen and oxygen atoms in total. The molecule has 0 N–H and O–H groups in total. The van der Waals surface area contributed by atoms with E-state index in [1.54, 1.807) is 11.3 Å². The molecule has 1 atom stereocenters. The number of anilines is 1. The van der Waals surface area contributed by atoms with Crippen molar-refractivity contribution in [1.29, 1.82) is 0 Å². The zero-order valence-corrected chi connectivity index (χ0v) is 18.7. The van der Waals surface area contributed by atoms with Crippen LogP contribution in [0.25, 0.3) is 10.1 Å². The Bertz CT molecular complexity index is 1090. The van der Waals surface area contributed by atoms with Crippen LogP contribution in [0.1, 0.15) is 32.7 Å². The van der Waals surface area contributed by atoms with Gasteiger partial charge < -0.3 is 19.3 Å². The van der Waals surface area contributed by atoms with Crippen molar-refractivity contribution in [3.63, 3.8) is 0 Å². The van der Waals surface area contributed by atoms with E-state index < -0.39 is 0 Å². The molecule has 0 spiro atoms. The summed E-state index contributed by atoms with van der Waals surface area (Å²) < 4.78 is 12.8. The highest BCUT2D eigenvalue weighted by molar-refractivity contribution is 7.21. The molecule has 0 bridgehead atoms. The van der Waals surface area contributed by atoms with E-state index in [0.717, 1.165) is 44.4 Å². The highest BCUT2D eigenvalue weighted by Crippen LogP contribution is 2.39. The third-order valence-corrected chi connectivity index (χ3v) is 6.94. The summed E-state index contributed by atoms with van der Waals surface area (Å²) in [6.07, 6.45) is -0.214. The van der Waals surface area contributed by atoms with E-state index in [-0.39, 0.29) is 12.0 Å². The van der Waals surface area contributed by atoms with Gasteiger partial charge in [0.25, 0.3) is 5.91 Å². The Labute approximate surface area is 185 Å². The molecule has 2 fully saturated rings. The molecule has 0 radical (unpaired) electrons. The van der Waals surface area contributed by atoms with Crippen LogP contribution in [0.2, 0.25) is 0 Å². The van der Waals surface area contributed by atoms with E-state index in [2.05, 4.69) is 27.0 Å². The average molecular weight is 439 g/mol. The first-order valence-corrected chi connectivity index (χ1v) is 11.5. The number of hydrogen-bond donors (Lipinski definition) is 0. The lowest BCUT2D eigenvalue weighted by atomic mass is 10.0. The Morgan fingerprint density at radius 2 is 1.81 bits per heavy atom. The summed E-state index contributed by atoms with van der Waals surface area (Å²) in [4.78, 5) is 27.6. The van der Waals surface area contributed by atoms with E-state index in [1.807, 2.05) is 36.9 Å². The summed E-state index contributed by atoms with van der Waals surface area (Å²) in [6, 6.07) is 10.2. The number of fused-ring (bicyclic) bond motifs is 1. The molecular formula is C23H26N4O3S. The van der Waals surface area contributed by atoms with Gasteiger partial charge in [-0.2, -0.15) is 0 Å². The molecule has 0 saturated carbocycles. The minimum absolute atomic E-state index is 0.0721. The quantitative estimate of drug-likeness (QED) is 0.625. The number of thiophene rings is 1. The Balaban J connectivity index is 1.51. The first-order valence-electron chi connectivity index (χ1n) is 10.7. The number of amides is 1. The van der Waals surface area contributed by atoms with Crippen LogP contribution >= 0.6 is 11.3 Å². The van der Waals surface area contributed by atoms with Crippen LogP contribution in [0.5, 0.6) is 0 Å². The zero-order valence-electron chi connectivity index (χ0n) is 17.8. The van der Waals surface area contributed by atoms with Crippen LogP contribution in [0.15, 0.2) is 30.3 Å². The van der Waals surface area contributed by atoms with Crippen LogP contribution < -0.4 is 4.90 Å². The predicted molar refractivity (Wildman–Crippen MR) is 121 cm³/mol. The van der Waals surface area contributed by atoms with Gasteiger partial charge in [0.15, 0.2) is 0 Å². The number of aryl methyl sites for hydroxylation is 2. The number of carbonyl (C=O) groups excluding carboxylic acids is 1. The molecule has 2 saturated heterocycles. The minimum atomic E-state index is -0.214. The molecule has 0 aliphatic carbocycles. The summed E-state index contributed by atoms with van der Waals surface area (Å²) in [5, 5.41) is 1.09. The van der Waals surface area contributed by atoms with Crippen LogP contribution in [0.4, 0.5) is 5.95 Å². The molecule has 1 aromatic carbocycles. The van der Waals surface area contributed by atoms with Crippen molar-refractivity contribution >= 4 is 33.3 Å². The Morgan fingerprint density at radius 3 is 2.58 bits per heavy atom. The van der Waals surface area contributed by atoms with Crippen LogP contribution in [0, 0.1) is 13.8 Å². The summed E-state index contributed by atoms with van der Waals surface area (Å²) in [6.45, 7) is 8.31. The second-order valence-electron chi connectivity index (χ2n) is 8.00. The monoisotopic (exact) mass is 438 g/mol. The van der Waals surface area contributed by atoms with Crippen LogP contribution in [-0.2, 0) is 9.47 Å². The highest BCUT2D eigenvalue weighted by Gasteiger charge is 2.32. The number of ether oxygens (including phenoxy) is 2. The highest BCUT2D eigenvalue weighted by atomic mass is 32.1. The zero-order chi connectivity index (χ0) is 21.4. The second-order valence-corrected chi connectivity index (χ2v) is 9.05. The van der Waals surface area contributed by atoms with E-state index in [1.165, 1.54) is 0 Å². The third-order valence-electron chi connectivity index (χ3n) is 5.77. The molecule has 162 valence electrons. The van der Waals surface area contributed by atoms with Crippen LogP contribution in [0.3, 0.4) is 0 Å². The summed E-state index contributed by atoms with van der Waals surface area (Å²) >= 11 is 1.56. The number of rotatable bonds is 3. The fourth-order valence-corrected chi connectivity index (χ4v) is 5.53. The predicted octanol–water partition coefficient (Wildman–Crippen LogP) is 3.36. The molecule has 2 aliphatic rings. The number of hydrogen-bond acceptors (Lipinski definition) is 7. The van der Waals surface area contributed by atoms with Crippen molar-refractivity contribution in [3.05, 3.63) is 52.2 Å². The topological polar surface area (TPSA) is 67.8 Å². The van der Waals surface area contributed by atoms with E-state index in [4.69, 9.17) is 9.47 Å². The third kappa shape index (κ3) is 4.03. The maximum atomic E-state index is 13.5. The molecule has 1 amide bonds. The van der Waals surface area contributed by atoms with Gasteiger partial charge in [0.1, 0.15) is 6.10 Å². The summed E-state index contributed by atoms with van der Waals surface area (Å²) in [7, 11) is 0. The van der Waals surface area contributed by atoms with Crippen molar-refractivity contribution in [1.82, 2.24) is 14.9 Å². The number of nitrogens with zero attached hydrogens (tertiary/aromatic N) is 4. The standard InChI is InChI=1S/C23H26N4O3S/c1-15-13-16(2)25-23(24-15)27-9-12-30-18(14-27)20-17-5-3-4-6-19(17)31-21(20)22(28)26-7-10-29-11-8-26/h3-6,13,18H,7-12,14H2,1-2H3/t18-/m1/s1. The minimum Gasteiger partial charge on any atom is -0.378 e. The summed E-state index contributed by atoms with van der Waals surface area (Å²) in [5.74, 6) is 0.800. The Hall–Kier alpha value is -2.55. The van der Waals surface area contributed by atoms with Crippen molar-refractivity contribution in [2.24, 2.45) is 0 Å². The van der Waals surface area contributed by atoms with Gasteiger partial charge in [-0.15, -0.1) is 11.3 Å². The Morgan fingerprint density at radius 1 is 1.06 bits per heavy atom. The molecule has 31 heavy (non-hydrogen) atoms. The second kappa shape index (κ2) is 8.53. The first-order chi connectivity index (χ1) is 15.1. The molecule has 0 unspecified atom stereocenters. The molecule has 3 aromatic rings. The maximum absolute atomic E-state index is 13.5. The van der Waals surface area contributed by atoms with Crippen molar-refractivity contribution in [2.45, 2.75) is 20.0 Å². The fraction of sp³-hybridized carbons (Fsp3) is 0.435. The van der Waals surface area contributed by atoms with Gasteiger partial charge in [-0.05, 0) is 31.4 Å². The number of aromatic nitrogens is 2. The van der Waals surface area contributed by atoms with Gasteiger partial charge in [-0.25, -0.2) is 9.97 Å². The fourth-order valence-electron chi connectivity index (χ4n) is 4.31. The molecule has 8 heteroatoms. The Kier molecular flexibility index (Phi) is 5.60. The van der Waals surface area contributed by atoms with Crippen molar-refractivity contribution < 1.29 is 14.3 Å². The smallest absolute Gasteiger partial charge is 0.264 e.